The zero-order chi connectivity index (χ0) is 15.2. The Hall–Kier alpha value is -1.20. The van der Waals surface area contributed by atoms with Gasteiger partial charge in [0.2, 0.25) is 0 Å². The molecule has 0 amide bonds. The molecular weight excluding hydrogens is 266 g/mol. The van der Waals surface area contributed by atoms with Gasteiger partial charge in [0.25, 0.3) is 0 Å². The smallest absolute Gasteiger partial charge is 0.168 e. The van der Waals surface area contributed by atoms with Gasteiger partial charge in [-0.25, -0.2) is 0 Å². The van der Waals surface area contributed by atoms with Gasteiger partial charge in [0.15, 0.2) is 5.78 Å². The van der Waals surface area contributed by atoms with E-state index in [4.69, 9.17) is 4.74 Å². The van der Waals surface area contributed by atoms with Crippen molar-refractivity contribution in [2.45, 2.75) is 52.7 Å². The van der Waals surface area contributed by atoms with Gasteiger partial charge in [0, 0.05) is 25.3 Å². The van der Waals surface area contributed by atoms with Crippen molar-refractivity contribution in [1.82, 2.24) is 14.7 Å². The summed E-state index contributed by atoms with van der Waals surface area (Å²) >= 11 is 0. The number of hydrogen-bond donors (Lipinski definition) is 0. The minimum Gasteiger partial charge on any atom is -0.368 e. The number of morpholine rings is 1. The number of nitrogens with zero attached hydrogens (tertiary/aromatic N) is 3. The molecule has 118 valence electrons. The van der Waals surface area contributed by atoms with Gasteiger partial charge in [-0.05, 0) is 32.4 Å². The molecule has 1 saturated heterocycles. The molecule has 0 spiro atoms. The molecule has 1 unspecified atom stereocenters. The Balaban J connectivity index is 1.98. The molecule has 0 saturated carbocycles. The molecule has 21 heavy (non-hydrogen) atoms. The van der Waals surface area contributed by atoms with Crippen molar-refractivity contribution in [2.75, 3.05) is 26.2 Å². The Bertz CT molecular complexity index is 468. The van der Waals surface area contributed by atoms with Gasteiger partial charge >= 0.3 is 0 Å². The predicted octanol–water partition coefficient (Wildman–Crippen LogP) is 1.69. The van der Waals surface area contributed by atoms with E-state index in [0.717, 1.165) is 50.4 Å². The summed E-state index contributed by atoms with van der Waals surface area (Å²) in [7, 11) is 0. The number of Topliss-reactive ketones (excluding diaryl/α,β-unsaturated/α-hetero) is 1. The third-order valence-corrected chi connectivity index (χ3v) is 3.98. The van der Waals surface area contributed by atoms with Crippen LogP contribution in [-0.4, -0.2) is 52.8 Å². The van der Waals surface area contributed by atoms with Gasteiger partial charge in [-0.15, -0.1) is 0 Å². The lowest BCUT2D eigenvalue weighted by atomic mass is 10.1. The van der Waals surface area contributed by atoms with Crippen LogP contribution in [0.25, 0.3) is 0 Å². The van der Waals surface area contributed by atoms with Gasteiger partial charge < -0.3 is 4.74 Å². The van der Waals surface area contributed by atoms with Crippen LogP contribution in [0, 0.1) is 0 Å². The van der Waals surface area contributed by atoms with E-state index in [1.807, 2.05) is 10.7 Å². The monoisotopic (exact) mass is 293 g/mol. The lowest BCUT2D eigenvalue weighted by Gasteiger charge is -2.31. The first-order valence-electron chi connectivity index (χ1n) is 8.10. The highest BCUT2D eigenvalue weighted by Crippen LogP contribution is 2.12. The van der Waals surface area contributed by atoms with Crippen LogP contribution in [0.4, 0.5) is 0 Å². The number of aryl methyl sites for hydroxylation is 2. The van der Waals surface area contributed by atoms with Crippen molar-refractivity contribution in [1.29, 1.82) is 0 Å². The minimum absolute atomic E-state index is 0.174. The summed E-state index contributed by atoms with van der Waals surface area (Å²) in [6, 6.07) is 2.05. The summed E-state index contributed by atoms with van der Waals surface area (Å²) in [6.07, 6.45) is 2.16. The number of carbonyl (C=O) groups excluding carboxylic acids is 1. The van der Waals surface area contributed by atoms with Gasteiger partial charge in [-0.2, -0.15) is 5.10 Å². The number of rotatable bonds is 7. The summed E-state index contributed by atoms with van der Waals surface area (Å²) in [6.45, 7) is 10.5. The molecule has 1 aliphatic heterocycles. The van der Waals surface area contributed by atoms with E-state index in [0.29, 0.717) is 13.0 Å². The first-order chi connectivity index (χ1) is 10.2. The molecule has 1 atom stereocenters. The fourth-order valence-electron chi connectivity index (χ4n) is 2.81. The largest absolute Gasteiger partial charge is 0.368 e. The average molecular weight is 293 g/mol. The normalized spacial score (nSPS) is 19.9. The molecule has 1 aromatic rings. The first kappa shape index (κ1) is 16.2. The van der Waals surface area contributed by atoms with Crippen LogP contribution in [0.1, 0.15) is 38.6 Å². The molecule has 1 aliphatic rings. The molecule has 5 nitrogen and oxygen atoms in total. The summed E-state index contributed by atoms with van der Waals surface area (Å²) in [5, 5.41) is 4.50. The molecule has 0 aromatic carbocycles. The van der Waals surface area contributed by atoms with Crippen LogP contribution in [-0.2, 0) is 28.9 Å². The van der Waals surface area contributed by atoms with Crippen molar-refractivity contribution < 1.29 is 9.53 Å². The minimum atomic E-state index is -0.282. The van der Waals surface area contributed by atoms with Crippen LogP contribution >= 0.6 is 0 Å². The maximum Gasteiger partial charge on any atom is 0.168 e. The van der Waals surface area contributed by atoms with Crippen LogP contribution in [0.15, 0.2) is 6.07 Å². The van der Waals surface area contributed by atoms with Crippen LogP contribution in [0.2, 0.25) is 0 Å². The maximum atomic E-state index is 12.5. The van der Waals surface area contributed by atoms with E-state index in [-0.39, 0.29) is 11.9 Å². The Morgan fingerprint density at radius 2 is 2.24 bits per heavy atom. The summed E-state index contributed by atoms with van der Waals surface area (Å²) in [5.41, 5.74) is 2.06. The fourth-order valence-corrected chi connectivity index (χ4v) is 2.81. The fraction of sp³-hybridized carbons (Fsp3) is 0.750. The van der Waals surface area contributed by atoms with Crippen LogP contribution in [0.5, 0.6) is 0 Å². The topological polar surface area (TPSA) is 47.4 Å². The second-order valence-electron chi connectivity index (χ2n) is 5.60. The number of ether oxygens (including phenoxy) is 1. The van der Waals surface area contributed by atoms with Gasteiger partial charge in [0.1, 0.15) is 6.10 Å². The molecule has 0 N–H and O–H groups in total. The molecule has 0 aliphatic carbocycles. The highest BCUT2D eigenvalue weighted by molar-refractivity contribution is 5.85. The maximum absolute atomic E-state index is 12.5. The molecule has 1 fully saturated rings. The quantitative estimate of drug-likeness (QED) is 0.767. The third kappa shape index (κ3) is 4.14. The highest BCUT2D eigenvalue weighted by Gasteiger charge is 2.26. The third-order valence-electron chi connectivity index (χ3n) is 3.98. The van der Waals surface area contributed by atoms with Gasteiger partial charge in [-0.3, -0.25) is 14.4 Å². The standard InChI is InChI=1S/C16H27N3O2/c1-4-7-18-8-9-21-16(12-18)15(20)11-14-10-13(5-2)17-19(14)6-3/h10,16H,4-9,11-12H2,1-3H3. The Morgan fingerprint density at radius 1 is 1.43 bits per heavy atom. The molecule has 2 rings (SSSR count). The molecule has 5 heteroatoms. The van der Waals surface area contributed by atoms with E-state index >= 15 is 0 Å². The Morgan fingerprint density at radius 3 is 2.90 bits per heavy atom. The first-order valence-corrected chi connectivity index (χ1v) is 8.10. The average Bonchev–Trinajstić information content (AvgIpc) is 2.90. The van der Waals surface area contributed by atoms with Crippen molar-refractivity contribution in [3.8, 4) is 0 Å². The lowest BCUT2D eigenvalue weighted by Crippen LogP contribution is -2.46. The van der Waals surface area contributed by atoms with E-state index in [1.54, 1.807) is 0 Å². The number of carbonyl (C=O) groups is 1. The van der Waals surface area contributed by atoms with Crippen LogP contribution < -0.4 is 0 Å². The van der Waals surface area contributed by atoms with Crippen LogP contribution in [0.3, 0.4) is 0 Å². The van der Waals surface area contributed by atoms with E-state index < -0.39 is 0 Å². The zero-order valence-electron chi connectivity index (χ0n) is 13.5. The van der Waals surface area contributed by atoms with Gasteiger partial charge in [0.05, 0.1) is 18.7 Å². The van der Waals surface area contributed by atoms with Crippen molar-refractivity contribution in [2.24, 2.45) is 0 Å². The van der Waals surface area contributed by atoms with Crippen molar-refractivity contribution in [3.63, 3.8) is 0 Å². The molecule has 2 heterocycles. The molecule has 0 bridgehead atoms. The van der Waals surface area contributed by atoms with E-state index in [2.05, 4.69) is 30.8 Å². The molecule has 1 aromatic heterocycles. The molecule has 0 radical (unpaired) electrons. The SMILES string of the molecule is CCCN1CCOC(C(=O)Cc2cc(CC)nn2CC)C1. The van der Waals surface area contributed by atoms with Crippen molar-refractivity contribution in [3.05, 3.63) is 17.5 Å². The number of ketones is 1. The molecular formula is C16H27N3O2. The zero-order valence-corrected chi connectivity index (χ0v) is 13.5. The second-order valence-corrected chi connectivity index (χ2v) is 5.60. The van der Waals surface area contributed by atoms with Crippen molar-refractivity contribution >= 4 is 5.78 Å². The van der Waals surface area contributed by atoms with E-state index in [1.165, 1.54) is 0 Å². The number of hydrogen-bond acceptors (Lipinski definition) is 4. The summed E-state index contributed by atoms with van der Waals surface area (Å²) < 4.78 is 7.61. The highest BCUT2D eigenvalue weighted by atomic mass is 16.5. The Labute approximate surface area is 127 Å². The van der Waals surface area contributed by atoms with E-state index in [9.17, 15) is 4.79 Å². The van der Waals surface area contributed by atoms with Gasteiger partial charge in [-0.1, -0.05) is 13.8 Å². The lowest BCUT2D eigenvalue weighted by molar-refractivity contribution is -0.135. The summed E-state index contributed by atoms with van der Waals surface area (Å²) in [5.74, 6) is 0.174. The summed E-state index contributed by atoms with van der Waals surface area (Å²) in [4.78, 5) is 14.8. The Kier molecular flexibility index (Phi) is 5.94. The predicted molar refractivity (Wildman–Crippen MR) is 82.5 cm³/mol. The number of aromatic nitrogens is 2. The second kappa shape index (κ2) is 7.71.